The van der Waals surface area contributed by atoms with Crippen LogP contribution in [-0.2, 0) is 0 Å². The van der Waals surface area contributed by atoms with Gasteiger partial charge in [0.15, 0.2) is 0 Å². The van der Waals surface area contributed by atoms with Crippen molar-refractivity contribution in [1.82, 2.24) is 24.5 Å². The second kappa shape index (κ2) is 55.5. The van der Waals surface area contributed by atoms with E-state index in [1.807, 2.05) is 0 Å². The molecular weight excluding hydrogens is 839 g/mol. The SMILES string of the molecule is CCCCCCCCCCCCN(CCCCCCCCCCCC)CCN(CCCCCCCCCCCC)CCN1CCN(CCN(CCCCCCCCC)CCCCCCCCC)CC1. The van der Waals surface area contributed by atoms with Crippen molar-refractivity contribution in [2.24, 2.45) is 0 Å². The van der Waals surface area contributed by atoms with E-state index >= 15 is 0 Å². The van der Waals surface area contributed by atoms with Gasteiger partial charge in [-0.2, -0.15) is 0 Å². The Morgan fingerprint density at radius 2 is 0.348 bits per heavy atom. The van der Waals surface area contributed by atoms with E-state index in [-0.39, 0.29) is 0 Å². The van der Waals surface area contributed by atoms with Crippen molar-refractivity contribution < 1.29 is 0 Å². The lowest BCUT2D eigenvalue weighted by Crippen LogP contribution is -2.50. The minimum Gasteiger partial charge on any atom is -0.302 e. The van der Waals surface area contributed by atoms with Gasteiger partial charge in [-0.3, -0.25) is 9.80 Å². The first kappa shape index (κ1) is 66.8. The monoisotopic (exact) mass is 972 g/mol. The Bertz CT molecular complexity index is 895. The maximum Gasteiger partial charge on any atom is 0.0110 e. The second-order valence-electron chi connectivity index (χ2n) is 23.0. The molecule has 0 aromatic rings. The van der Waals surface area contributed by atoms with Gasteiger partial charge in [0.25, 0.3) is 0 Å². The smallest absolute Gasteiger partial charge is 0.0110 e. The number of rotatable bonds is 58. The lowest BCUT2D eigenvalue weighted by molar-refractivity contribution is 0.104. The standard InChI is InChI=1S/C64H133N5/c1-6-11-16-21-26-29-32-37-42-47-50-65(51-48-43-38-33-30-27-22-17-12-7-2)55-57-67(54-49-44-39-34-31-28-23-18-13-8-3)58-60-69-63-61-68(62-64-69)59-56-66(52-45-40-35-24-19-14-9-4)53-46-41-36-25-20-15-10-5/h6-64H2,1-5H3. The molecule has 0 saturated carbocycles. The van der Waals surface area contributed by atoms with E-state index in [9.17, 15) is 0 Å². The molecule has 5 heteroatoms. The van der Waals surface area contributed by atoms with Gasteiger partial charge in [0.05, 0.1) is 0 Å². The molecule has 0 N–H and O–H groups in total. The number of nitrogens with zero attached hydrogens (tertiary/aromatic N) is 5. The van der Waals surface area contributed by atoms with Crippen LogP contribution in [0.1, 0.15) is 317 Å². The Balaban J connectivity index is 2.70. The van der Waals surface area contributed by atoms with Crippen LogP contribution in [0, 0.1) is 0 Å². The summed E-state index contributed by atoms with van der Waals surface area (Å²) in [7, 11) is 0. The van der Waals surface area contributed by atoms with Crippen LogP contribution >= 0.6 is 0 Å². The zero-order valence-corrected chi connectivity index (χ0v) is 49.0. The van der Waals surface area contributed by atoms with Crippen molar-refractivity contribution in [3.8, 4) is 0 Å². The lowest BCUT2D eigenvalue weighted by atomic mass is 10.1. The molecule has 1 aliphatic heterocycles. The molecule has 0 bridgehead atoms. The quantitative estimate of drug-likeness (QED) is 0.0563. The topological polar surface area (TPSA) is 16.2 Å². The molecule has 0 amide bonds. The molecule has 1 heterocycles. The van der Waals surface area contributed by atoms with Crippen LogP contribution in [0.4, 0.5) is 0 Å². The zero-order chi connectivity index (χ0) is 49.6. The summed E-state index contributed by atoms with van der Waals surface area (Å²) in [5.74, 6) is 0. The number of hydrogen-bond donors (Lipinski definition) is 0. The molecule has 1 fully saturated rings. The van der Waals surface area contributed by atoms with Gasteiger partial charge in [0.1, 0.15) is 0 Å². The van der Waals surface area contributed by atoms with Gasteiger partial charge in [0, 0.05) is 65.4 Å². The average Bonchev–Trinajstić information content (AvgIpc) is 3.36. The Hall–Kier alpha value is -0.200. The van der Waals surface area contributed by atoms with Gasteiger partial charge in [-0.25, -0.2) is 0 Å². The van der Waals surface area contributed by atoms with Crippen molar-refractivity contribution in [3.63, 3.8) is 0 Å². The van der Waals surface area contributed by atoms with Gasteiger partial charge in [0.2, 0.25) is 0 Å². The summed E-state index contributed by atoms with van der Waals surface area (Å²) < 4.78 is 0. The number of hydrogen-bond acceptors (Lipinski definition) is 5. The highest BCUT2D eigenvalue weighted by Crippen LogP contribution is 2.16. The van der Waals surface area contributed by atoms with E-state index < -0.39 is 0 Å². The van der Waals surface area contributed by atoms with E-state index in [4.69, 9.17) is 0 Å². The van der Waals surface area contributed by atoms with Gasteiger partial charge in [-0.1, -0.05) is 285 Å². The van der Waals surface area contributed by atoms with E-state index in [0.717, 1.165) is 0 Å². The molecule has 0 spiro atoms. The molecule has 69 heavy (non-hydrogen) atoms. The fourth-order valence-corrected chi connectivity index (χ4v) is 11.1. The van der Waals surface area contributed by atoms with Crippen LogP contribution in [0.2, 0.25) is 0 Å². The Morgan fingerprint density at radius 1 is 0.188 bits per heavy atom. The van der Waals surface area contributed by atoms with E-state index in [1.165, 1.54) is 381 Å². The van der Waals surface area contributed by atoms with Crippen LogP contribution in [-0.4, -0.2) is 123 Å². The Kier molecular flexibility index (Phi) is 53.8. The maximum absolute atomic E-state index is 2.92. The fourth-order valence-electron chi connectivity index (χ4n) is 11.1. The van der Waals surface area contributed by atoms with Crippen molar-refractivity contribution in [2.75, 3.05) is 98.2 Å². The minimum atomic E-state index is 1.27. The molecule has 1 rings (SSSR count). The largest absolute Gasteiger partial charge is 0.302 e. The first-order valence-corrected chi connectivity index (χ1v) is 32.8. The average molecular weight is 973 g/mol. The summed E-state index contributed by atoms with van der Waals surface area (Å²) in [5, 5.41) is 0. The highest BCUT2D eigenvalue weighted by atomic mass is 15.3. The first-order chi connectivity index (χ1) is 34.2. The third kappa shape index (κ3) is 47.3. The van der Waals surface area contributed by atoms with Crippen molar-refractivity contribution in [2.45, 2.75) is 317 Å². The highest BCUT2D eigenvalue weighted by molar-refractivity contribution is 4.76. The zero-order valence-electron chi connectivity index (χ0n) is 49.0. The molecule has 5 nitrogen and oxygen atoms in total. The fraction of sp³-hybridized carbons (Fsp3) is 1.00. The van der Waals surface area contributed by atoms with Gasteiger partial charge >= 0.3 is 0 Å². The van der Waals surface area contributed by atoms with Crippen molar-refractivity contribution in [3.05, 3.63) is 0 Å². The summed E-state index contributed by atoms with van der Waals surface area (Å²) >= 11 is 0. The lowest BCUT2D eigenvalue weighted by Gasteiger charge is -2.37. The van der Waals surface area contributed by atoms with Gasteiger partial charge < -0.3 is 14.7 Å². The van der Waals surface area contributed by atoms with E-state index in [1.54, 1.807) is 0 Å². The molecule has 0 aromatic carbocycles. The summed E-state index contributed by atoms with van der Waals surface area (Å²) in [6, 6.07) is 0. The number of piperazine rings is 1. The minimum absolute atomic E-state index is 1.27. The van der Waals surface area contributed by atoms with E-state index in [0.29, 0.717) is 0 Å². The normalized spacial score (nSPS) is 13.9. The Morgan fingerprint density at radius 3 is 0.551 bits per heavy atom. The molecular formula is C64H133N5. The summed E-state index contributed by atoms with van der Waals surface area (Å²) in [6.45, 7) is 31.1. The van der Waals surface area contributed by atoms with Crippen molar-refractivity contribution >= 4 is 0 Å². The molecule has 414 valence electrons. The molecule has 0 aromatic heterocycles. The molecule has 0 aliphatic carbocycles. The van der Waals surface area contributed by atoms with Crippen LogP contribution in [0.3, 0.4) is 0 Å². The van der Waals surface area contributed by atoms with Crippen LogP contribution in [0.5, 0.6) is 0 Å². The number of unbranched alkanes of at least 4 members (excludes halogenated alkanes) is 39. The molecule has 0 unspecified atom stereocenters. The van der Waals surface area contributed by atoms with Gasteiger partial charge in [-0.05, 0) is 64.8 Å². The molecule has 0 atom stereocenters. The maximum atomic E-state index is 2.92. The van der Waals surface area contributed by atoms with Crippen LogP contribution in [0.25, 0.3) is 0 Å². The first-order valence-electron chi connectivity index (χ1n) is 32.8. The van der Waals surface area contributed by atoms with Gasteiger partial charge in [-0.15, -0.1) is 0 Å². The van der Waals surface area contributed by atoms with Crippen LogP contribution in [0.15, 0.2) is 0 Å². The molecule has 0 radical (unpaired) electrons. The second-order valence-corrected chi connectivity index (χ2v) is 23.0. The Labute approximate surface area is 438 Å². The highest BCUT2D eigenvalue weighted by Gasteiger charge is 2.19. The third-order valence-corrected chi connectivity index (χ3v) is 16.3. The van der Waals surface area contributed by atoms with E-state index in [2.05, 4.69) is 59.1 Å². The summed E-state index contributed by atoms with van der Waals surface area (Å²) in [4.78, 5) is 14.4. The third-order valence-electron chi connectivity index (χ3n) is 16.3. The molecule has 1 aliphatic rings. The summed E-state index contributed by atoms with van der Waals surface area (Å²) in [5.41, 5.74) is 0. The summed E-state index contributed by atoms with van der Waals surface area (Å²) in [6.07, 6.45) is 63.1. The predicted molar refractivity (Wildman–Crippen MR) is 314 cm³/mol. The molecule has 1 saturated heterocycles. The van der Waals surface area contributed by atoms with Crippen molar-refractivity contribution in [1.29, 1.82) is 0 Å². The predicted octanol–water partition coefficient (Wildman–Crippen LogP) is 18.8. The van der Waals surface area contributed by atoms with Crippen LogP contribution < -0.4 is 0 Å².